The lowest BCUT2D eigenvalue weighted by atomic mass is 9.98. The first-order valence-corrected chi connectivity index (χ1v) is 8.15. The van der Waals surface area contributed by atoms with E-state index in [2.05, 4.69) is 4.98 Å². The fourth-order valence-corrected chi connectivity index (χ4v) is 3.25. The van der Waals surface area contributed by atoms with E-state index < -0.39 is 0 Å². The number of anilines is 1. The maximum atomic E-state index is 12.2. The molecule has 110 valence electrons. The topological polar surface area (TPSA) is 65.2 Å². The van der Waals surface area contributed by atoms with Crippen molar-refractivity contribution in [3.8, 4) is 0 Å². The van der Waals surface area contributed by atoms with Crippen molar-refractivity contribution in [3.05, 3.63) is 18.3 Å². The summed E-state index contributed by atoms with van der Waals surface area (Å²) in [6.45, 7) is 2.00. The van der Waals surface area contributed by atoms with Gasteiger partial charge in [-0.25, -0.2) is 4.98 Å². The molecule has 0 bridgehead atoms. The van der Waals surface area contributed by atoms with Crippen LogP contribution in [0.2, 0.25) is 0 Å². The number of hydrogen-bond donors (Lipinski definition) is 1. The highest BCUT2D eigenvalue weighted by Gasteiger charge is 2.24. The van der Waals surface area contributed by atoms with Gasteiger partial charge < -0.3 is 10.5 Å². The molecule has 0 amide bonds. The molecule has 1 aromatic heterocycles. The summed E-state index contributed by atoms with van der Waals surface area (Å²) < 4.78 is 5.64. The highest BCUT2D eigenvalue weighted by molar-refractivity contribution is 8.00. The normalized spacial score (nSPS) is 17.6. The summed E-state index contributed by atoms with van der Waals surface area (Å²) in [6.07, 6.45) is 8.20. The van der Waals surface area contributed by atoms with Crippen LogP contribution in [-0.2, 0) is 9.53 Å². The van der Waals surface area contributed by atoms with Crippen molar-refractivity contribution >= 4 is 23.5 Å². The van der Waals surface area contributed by atoms with Gasteiger partial charge in [0.15, 0.2) is 0 Å². The molecule has 1 atom stereocenters. The van der Waals surface area contributed by atoms with Gasteiger partial charge in [-0.2, -0.15) is 0 Å². The Kier molecular flexibility index (Phi) is 5.71. The first-order valence-electron chi connectivity index (χ1n) is 7.27. The van der Waals surface area contributed by atoms with Crippen molar-refractivity contribution in [2.45, 2.75) is 61.7 Å². The van der Waals surface area contributed by atoms with Crippen LogP contribution >= 0.6 is 11.8 Å². The van der Waals surface area contributed by atoms with Crippen molar-refractivity contribution in [1.82, 2.24) is 4.98 Å². The standard InChI is InChI=1S/C15H22N2O2S/c1-2-13(20-12-8-9-14(16)17-10-12)15(18)19-11-6-4-3-5-7-11/h8-11,13H,2-7H2,1H3,(H2,16,17). The molecule has 1 aromatic rings. The lowest BCUT2D eigenvalue weighted by Crippen LogP contribution is -2.27. The second kappa shape index (κ2) is 7.53. The van der Waals surface area contributed by atoms with Crippen LogP contribution in [0.5, 0.6) is 0 Å². The lowest BCUT2D eigenvalue weighted by molar-refractivity contribution is -0.149. The zero-order valence-electron chi connectivity index (χ0n) is 11.9. The van der Waals surface area contributed by atoms with Crippen molar-refractivity contribution in [1.29, 1.82) is 0 Å². The molecule has 5 heteroatoms. The Morgan fingerprint density at radius 2 is 2.20 bits per heavy atom. The van der Waals surface area contributed by atoms with Gasteiger partial charge in [0.05, 0.1) is 0 Å². The summed E-state index contributed by atoms with van der Waals surface area (Å²) in [5, 5.41) is -0.164. The molecule has 0 aliphatic heterocycles. The number of nitrogen functional groups attached to an aromatic ring is 1. The van der Waals surface area contributed by atoms with E-state index in [1.165, 1.54) is 31.0 Å². The number of pyridine rings is 1. The number of thioether (sulfide) groups is 1. The van der Waals surface area contributed by atoms with Crippen LogP contribution in [-0.4, -0.2) is 22.3 Å². The molecular weight excluding hydrogens is 272 g/mol. The molecule has 2 N–H and O–H groups in total. The Labute approximate surface area is 124 Å². The molecule has 1 heterocycles. The van der Waals surface area contributed by atoms with Crippen LogP contribution in [0.4, 0.5) is 5.82 Å². The second-order valence-electron chi connectivity index (χ2n) is 5.13. The first kappa shape index (κ1) is 15.2. The fraction of sp³-hybridized carbons (Fsp3) is 0.600. The number of nitrogens with two attached hydrogens (primary N) is 1. The monoisotopic (exact) mass is 294 g/mol. The van der Waals surface area contributed by atoms with E-state index in [0.29, 0.717) is 5.82 Å². The molecule has 1 saturated carbocycles. The zero-order chi connectivity index (χ0) is 14.4. The fourth-order valence-electron chi connectivity index (χ4n) is 2.35. The van der Waals surface area contributed by atoms with E-state index in [-0.39, 0.29) is 17.3 Å². The minimum atomic E-state index is -0.164. The van der Waals surface area contributed by atoms with E-state index in [1.54, 1.807) is 12.3 Å². The van der Waals surface area contributed by atoms with Crippen molar-refractivity contribution in [3.63, 3.8) is 0 Å². The number of ether oxygens (including phenoxy) is 1. The van der Waals surface area contributed by atoms with E-state index in [4.69, 9.17) is 10.5 Å². The van der Waals surface area contributed by atoms with Gasteiger partial charge in [0.25, 0.3) is 0 Å². The van der Waals surface area contributed by atoms with Gasteiger partial charge in [-0.3, -0.25) is 4.79 Å². The van der Waals surface area contributed by atoms with Gasteiger partial charge in [0, 0.05) is 11.1 Å². The molecule has 0 radical (unpaired) electrons. The SMILES string of the molecule is CCC(Sc1ccc(N)nc1)C(=O)OC1CCCCC1. The summed E-state index contributed by atoms with van der Waals surface area (Å²) in [4.78, 5) is 17.2. The minimum Gasteiger partial charge on any atom is -0.462 e. The zero-order valence-corrected chi connectivity index (χ0v) is 12.7. The molecule has 20 heavy (non-hydrogen) atoms. The molecule has 1 aliphatic rings. The molecule has 1 fully saturated rings. The van der Waals surface area contributed by atoms with Crippen LogP contribution in [0.25, 0.3) is 0 Å². The largest absolute Gasteiger partial charge is 0.462 e. The minimum absolute atomic E-state index is 0.0961. The van der Waals surface area contributed by atoms with Crippen molar-refractivity contribution in [2.24, 2.45) is 0 Å². The number of aromatic nitrogens is 1. The Morgan fingerprint density at radius 3 is 2.80 bits per heavy atom. The molecule has 0 aromatic carbocycles. The Bertz CT molecular complexity index is 430. The van der Waals surface area contributed by atoms with Crippen LogP contribution in [0.3, 0.4) is 0 Å². The van der Waals surface area contributed by atoms with Gasteiger partial charge in [0.1, 0.15) is 17.2 Å². The number of nitrogens with zero attached hydrogens (tertiary/aromatic N) is 1. The number of rotatable bonds is 5. The van der Waals surface area contributed by atoms with Crippen LogP contribution in [0, 0.1) is 0 Å². The smallest absolute Gasteiger partial charge is 0.319 e. The average molecular weight is 294 g/mol. The lowest BCUT2D eigenvalue weighted by Gasteiger charge is -2.24. The van der Waals surface area contributed by atoms with Gasteiger partial charge in [-0.1, -0.05) is 13.3 Å². The second-order valence-corrected chi connectivity index (χ2v) is 6.41. The Hall–Kier alpha value is -1.23. The van der Waals surface area contributed by atoms with E-state index in [1.807, 2.05) is 13.0 Å². The first-order chi connectivity index (χ1) is 9.69. The third-order valence-electron chi connectivity index (χ3n) is 3.51. The summed E-state index contributed by atoms with van der Waals surface area (Å²) in [7, 11) is 0. The highest BCUT2D eigenvalue weighted by atomic mass is 32.2. The third kappa shape index (κ3) is 4.40. The summed E-state index contributed by atoms with van der Waals surface area (Å²) in [5.74, 6) is 0.397. The quantitative estimate of drug-likeness (QED) is 0.666. The molecule has 0 spiro atoms. The van der Waals surface area contributed by atoms with Crippen LogP contribution in [0.1, 0.15) is 45.4 Å². The molecule has 4 nitrogen and oxygen atoms in total. The van der Waals surface area contributed by atoms with Crippen molar-refractivity contribution in [2.75, 3.05) is 5.73 Å². The van der Waals surface area contributed by atoms with Gasteiger partial charge >= 0.3 is 5.97 Å². The van der Waals surface area contributed by atoms with Gasteiger partial charge in [0.2, 0.25) is 0 Å². The summed E-state index contributed by atoms with van der Waals surface area (Å²) in [6, 6.07) is 3.64. The predicted octanol–water partition coefficient (Wildman–Crippen LogP) is 3.41. The molecule has 0 saturated heterocycles. The number of carbonyl (C=O) groups is 1. The van der Waals surface area contributed by atoms with Crippen LogP contribution < -0.4 is 5.73 Å². The van der Waals surface area contributed by atoms with E-state index in [9.17, 15) is 4.79 Å². The summed E-state index contributed by atoms with van der Waals surface area (Å²) >= 11 is 1.50. The number of carbonyl (C=O) groups excluding carboxylic acids is 1. The Balaban J connectivity index is 1.89. The van der Waals surface area contributed by atoms with Gasteiger partial charge in [-0.05, 0) is 44.2 Å². The Morgan fingerprint density at radius 1 is 1.45 bits per heavy atom. The molecule has 1 unspecified atom stereocenters. The molecule has 1 aliphatic carbocycles. The maximum Gasteiger partial charge on any atom is 0.319 e. The van der Waals surface area contributed by atoms with Gasteiger partial charge in [-0.15, -0.1) is 11.8 Å². The van der Waals surface area contributed by atoms with Crippen LogP contribution in [0.15, 0.2) is 23.2 Å². The van der Waals surface area contributed by atoms with E-state index >= 15 is 0 Å². The molecular formula is C15H22N2O2S. The van der Waals surface area contributed by atoms with E-state index in [0.717, 1.165) is 24.2 Å². The molecule has 2 rings (SSSR count). The summed E-state index contributed by atoms with van der Waals surface area (Å²) in [5.41, 5.74) is 5.56. The highest BCUT2D eigenvalue weighted by Crippen LogP contribution is 2.28. The third-order valence-corrected chi connectivity index (χ3v) is 4.83. The average Bonchev–Trinajstić information content (AvgIpc) is 2.47. The number of hydrogen-bond acceptors (Lipinski definition) is 5. The predicted molar refractivity (Wildman–Crippen MR) is 81.6 cm³/mol. The van der Waals surface area contributed by atoms with Crippen molar-refractivity contribution < 1.29 is 9.53 Å². The maximum absolute atomic E-state index is 12.2. The number of esters is 1.